The molecule has 3 fully saturated rings. The van der Waals surface area contributed by atoms with Gasteiger partial charge in [0, 0.05) is 5.25 Å². The number of hydrogen-bond acceptors (Lipinski definition) is 1. The predicted octanol–water partition coefficient (Wildman–Crippen LogP) is 8.61. The van der Waals surface area contributed by atoms with Crippen molar-refractivity contribution in [1.82, 2.24) is 0 Å². The van der Waals surface area contributed by atoms with Gasteiger partial charge in [-0.1, -0.05) is 70.9 Å². The topological polar surface area (TPSA) is 0 Å². The van der Waals surface area contributed by atoms with E-state index in [0.717, 1.165) is 23.7 Å². The molecule has 160 valence electrons. The Bertz CT molecular complexity index is 565. The van der Waals surface area contributed by atoms with Crippen LogP contribution in [-0.4, -0.2) is 5.25 Å². The summed E-state index contributed by atoms with van der Waals surface area (Å²) in [5.41, 5.74) is 2.97. The zero-order valence-electron chi connectivity index (χ0n) is 19.0. The van der Waals surface area contributed by atoms with Crippen LogP contribution < -0.4 is 0 Å². The quantitative estimate of drug-likeness (QED) is 0.246. The van der Waals surface area contributed by atoms with Crippen LogP contribution in [0.15, 0.2) is 11.6 Å². The molecule has 28 heavy (non-hydrogen) atoms. The van der Waals surface area contributed by atoms with Crippen molar-refractivity contribution in [2.24, 2.45) is 34.5 Å². The van der Waals surface area contributed by atoms with Crippen molar-refractivity contribution in [2.75, 3.05) is 0 Å². The first kappa shape index (κ1) is 21.3. The first-order valence-corrected chi connectivity index (χ1v) is 13.4. The van der Waals surface area contributed by atoms with Gasteiger partial charge in [-0.15, -0.1) is 0 Å². The molecule has 0 aromatic rings. The van der Waals surface area contributed by atoms with Gasteiger partial charge in [0.15, 0.2) is 0 Å². The van der Waals surface area contributed by atoms with E-state index in [9.17, 15) is 0 Å². The second-order valence-corrected chi connectivity index (χ2v) is 12.3. The first-order valence-electron chi connectivity index (χ1n) is 12.9. The molecule has 0 spiro atoms. The Hall–Kier alpha value is 0.0900. The van der Waals surface area contributed by atoms with E-state index in [-0.39, 0.29) is 0 Å². The fraction of sp³-hybridized carbons (Fsp3) is 0.926. The summed E-state index contributed by atoms with van der Waals surface area (Å²) in [6.07, 6.45) is 24.5. The molecule has 0 N–H and O–H groups in total. The smallest absolute Gasteiger partial charge is 0.00545 e. The monoisotopic (exact) mass is 402 g/mol. The third kappa shape index (κ3) is 3.76. The minimum Gasteiger partial charge on any atom is -0.176 e. The van der Waals surface area contributed by atoms with Gasteiger partial charge in [0.1, 0.15) is 0 Å². The average molecular weight is 403 g/mol. The SMILES string of the molecule is CCCCCCCC[C@@H]1CC[C@@H]2[C@H]3CC=C4C[C@H](S)CC[C@]4(C)[C@@H]3CC[C@]12C. The normalized spacial score (nSPS) is 45.1. The molecule has 0 bridgehead atoms. The van der Waals surface area contributed by atoms with E-state index in [4.69, 9.17) is 12.6 Å². The van der Waals surface area contributed by atoms with E-state index in [0.29, 0.717) is 16.1 Å². The molecule has 4 aliphatic carbocycles. The van der Waals surface area contributed by atoms with Crippen LogP contribution in [0.4, 0.5) is 0 Å². The second-order valence-electron chi connectivity index (χ2n) is 11.5. The van der Waals surface area contributed by atoms with E-state index in [1.54, 1.807) is 5.57 Å². The highest BCUT2D eigenvalue weighted by atomic mass is 32.1. The van der Waals surface area contributed by atoms with Crippen molar-refractivity contribution in [1.29, 1.82) is 0 Å². The molecular weight excluding hydrogens is 356 g/mol. The third-order valence-corrected chi connectivity index (χ3v) is 10.6. The largest absolute Gasteiger partial charge is 0.176 e. The van der Waals surface area contributed by atoms with Crippen LogP contribution in [0.2, 0.25) is 0 Å². The molecule has 7 atom stereocenters. The standard InChI is InChI=1S/C27H46S/c1-4-5-6-7-8-9-10-20-12-14-24-23-13-11-21-19-22(28)15-17-27(21,3)25(23)16-18-26(20,24)2/h11,20,22-25,28H,4-10,12-19H2,1-3H3/t20-,22-,23-,24-,25-,26-,27+/m1/s1. The number of thiol groups is 1. The highest BCUT2D eigenvalue weighted by Crippen LogP contribution is 2.66. The molecule has 4 aliphatic rings. The molecule has 0 heterocycles. The van der Waals surface area contributed by atoms with Crippen molar-refractivity contribution >= 4 is 12.6 Å². The van der Waals surface area contributed by atoms with Gasteiger partial charge in [0.25, 0.3) is 0 Å². The van der Waals surface area contributed by atoms with Gasteiger partial charge < -0.3 is 0 Å². The minimum atomic E-state index is 0.515. The van der Waals surface area contributed by atoms with E-state index >= 15 is 0 Å². The summed E-state index contributed by atoms with van der Waals surface area (Å²) in [6.45, 7) is 7.68. The lowest BCUT2D eigenvalue weighted by molar-refractivity contribution is -0.0421. The maximum atomic E-state index is 4.84. The Morgan fingerprint density at radius 1 is 0.929 bits per heavy atom. The Morgan fingerprint density at radius 3 is 2.54 bits per heavy atom. The molecule has 0 unspecified atom stereocenters. The van der Waals surface area contributed by atoms with Gasteiger partial charge in [0.05, 0.1) is 0 Å². The maximum absolute atomic E-state index is 4.84. The molecule has 0 aromatic carbocycles. The molecule has 0 amide bonds. The minimum absolute atomic E-state index is 0.515. The molecule has 1 heteroatoms. The molecule has 0 aromatic heterocycles. The van der Waals surface area contributed by atoms with E-state index in [1.165, 1.54) is 96.3 Å². The third-order valence-electron chi connectivity index (χ3n) is 10.2. The maximum Gasteiger partial charge on any atom is 0.00545 e. The van der Waals surface area contributed by atoms with Crippen LogP contribution in [0.3, 0.4) is 0 Å². The summed E-state index contributed by atoms with van der Waals surface area (Å²) in [4.78, 5) is 0. The number of unbranched alkanes of at least 4 members (excludes halogenated alkanes) is 5. The van der Waals surface area contributed by atoms with Crippen LogP contribution >= 0.6 is 12.6 Å². The first-order chi connectivity index (χ1) is 13.5. The van der Waals surface area contributed by atoms with Gasteiger partial charge >= 0.3 is 0 Å². The molecule has 3 saturated carbocycles. The zero-order valence-corrected chi connectivity index (χ0v) is 19.9. The molecule has 0 saturated heterocycles. The molecule has 0 radical (unpaired) electrons. The van der Waals surface area contributed by atoms with E-state index in [2.05, 4.69) is 26.8 Å². The van der Waals surface area contributed by atoms with Crippen molar-refractivity contribution in [3.63, 3.8) is 0 Å². The molecule has 0 aliphatic heterocycles. The fourth-order valence-corrected chi connectivity index (χ4v) is 8.72. The molecule has 0 nitrogen and oxygen atoms in total. The summed E-state index contributed by atoms with van der Waals surface area (Å²) in [7, 11) is 0. The van der Waals surface area contributed by atoms with Gasteiger partial charge in [-0.25, -0.2) is 0 Å². The zero-order chi connectivity index (χ0) is 19.8. The van der Waals surface area contributed by atoms with Gasteiger partial charge in [0.2, 0.25) is 0 Å². The van der Waals surface area contributed by atoms with Crippen LogP contribution in [0.25, 0.3) is 0 Å². The van der Waals surface area contributed by atoms with Crippen LogP contribution in [0.5, 0.6) is 0 Å². The highest BCUT2D eigenvalue weighted by Gasteiger charge is 2.58. The number of hydrogen-bond donors (Lipinski definition) is 1. The summed E-state index contributed by atoms with van der Waals surface area (Å²) < 4.78 is 0. The summed E-state index contributed by atoms with van der Waals surface area (Å²) in [6, 6.07) is 0. The lowest BCUT2D eigenvalue weighted by Crippen LogP contribution is -2.50. The van der Waals surface area contributed by atoms with Gasteiger partial charge in [-0.2, -0.15) is 12.6 Å². The summed E-state index contributed by atoms with van der Waals surface area (Å²) in [5, 5.41) is 0.623. The predicted molar refractivity (Wildman–Crippen MR) is 126 cm³/mol. The Balaban J connectivity index is 1.39. The fourth-order valence-electron chi connectivity index (χ4n) is 8.40. The Kier molecular flexibility index (Phi) is 6.61. The van der Waals surface area contributed by atoms with Crippen LogP contribution in [-0.2, 0) is 0 Å². The number of rotatable bonds is 7. The van der Waals surface area contributed by atoms with Gasteiger partial charge in [-0.05, 0) is 92.3 Å². The lowest BCUT2D eigenvalue weighted by atomic mass is 9.47. The van der Waals surface area contributed by atoms with Crippen LogP contribution in [0, 0.1) is 34.5 Å². The average Bonchev–Trinajstić information content (AvgIpc) is 3.01. The number of fused-ring (bicyclic) bond motifs is 5. The Morgan fingerprint density at radius 2 is 1.71 bits per heavy atom. The van der Waals surface area contributed by atoms with Crippen molar-refractivity contribution in [3.05, 3.63) is 11.6 Å². The van der Waals surface area contributed by atoms with E-state index in [1.807, 2.05) is 0 Å². The second kappa shape index (κ2) is 8.68. The number of allylic oxidation sites excluding steroid dienone is 2. The van der Waals surface area contributed by atoms with Crippen molar-refractivity contribution < 1.29 is 0 Å². The Labute approximate surface area is 181 Å². The summed E-state index contributed by atoms with van der Waals surface area (Å²) >= 11 is 4.84. The van der Waals surface area contributed by atoms with Crippen molar-refractivity contribution in [2.45, 2.75) is 122 Å². The van der Waals surface area contributed by atoms with Crippen molar-refractivity contribution in [3.8, 4) is 0 Å². The molecule has 4 rings (SSSR count). The van der Waals surface area contributed by atoms with Gasteiger partial charge in [-0.3, -0.25) is 0 Å². The molecular formula is C27H46S. The van der Waals surface area contributed by atoms with Crippen LogP contribution in [0.1, 0.15) is 117 Å². The van der Waals surface area contributed by atoms with E-state index < -0.39 is 0 Å². The summed E-state index contributed by atoms with van der Waals surface area (Å²) in [5.74, 6) is 3.99. The highest BCUT2D eigenvalue weighted by molar-refractivity contribution is 7.80. The lowest BCUT2D eigenvalue weighted by Gasteiger charge is -2.58.